The van der Waals surface area contributed by atoms with Crippen molar-refractivity contribution in [3.8, 4) is 0 Å². The Hall–Kier alpha value is 0.460. The Morgan fingerprint density at radius 3 is 1.80 bits per heavy atom. The minimum atomic E-state index is 0.237. The van der Waals surface area contributed by atoms with Crippen molar-refractivity contribution >= 4 is 24.1 Å². The molecular formula is C7H14O6S2. The first-order valence-electron chi connectivity index (χ1n) is 4.53. The van der Waals surface area contributed by atoms with Crippen LogP contribution in [-0.2, 0) is 18.7 Å². The highest BCUT2D eigenvalue weighted by molar-refractivity contribution is 7.96. The van der Waals surface area contributed by atoms with Crippen LogP contribution in [0.2, 0.25) is 0 Å². The average Bonchev–Trinajstić information content (AvgIpc) is 2.23. The minimum Gasteiger partial charge on any atom is -0.220 e. The van der Waals surface area contributed by atoms with Crippen LogP contribution in [0, 0.1) is 5.92 Å². The van der Waals surface area contributed by atoms with Crippen molar-refractivity contribution in [3.63, 3.8) is 0 Å². The maximum absolute atomic E-state index is 8.04. The number of rotatable bonds is 6. The number of hydrogen-bond donors (Lipinski definition) is 2. The fourth-order valence-corrected chi connectivity index (χ4v) is 3.63. The molecule has 0 radical (unpaired) electrons. The van der Waals surface area contributed by atoms with Crippen LogP contribution in [0.4, 0.5) is 0 Å². The molecule has 90 valence electrons. The van der Waals surface area contributed by atoms with Crippen LogP contribution in [0.5, 0.6) is 0 Å². The van der Waals surface area contributed by atoms with Crippen LogP contribution in [0.1, 0.15) is 26.2 Å². The molecule has 1 saturated carbocycles. The first kappa shape index (κ1) is 13.5. The second kappa shape index (κ2) is 7.69. The molecule has 6 nitrogen and oxygen atoms in total. The molecule has 0 aliphatic heterocycles. The van der Waals surface area contributed by atoms with E-state index in [-0.39, 0.29) is 10.5 Å². The van der Waals surface area contributed by atoms with E-state index in [9.17, 15) is 0 Å². The Morgan fingerprint density at radius 2 is 1.40 bits per heavy atom. The molecule has 2 N–H and O–H groups in total. The summed E-state index contributed by atoms with van der Waals surface area (Å²) in [5.41, 5.74) is 0. The standard InChI is InChI=1S/C7H14O6S2/c1-5-2-6(14-12-10-8)4-7(3-5)15-13-11-9/h5-9H,2-4H2,1H3. The maximum Gasteiger partial charge on any atom is 0.0380 e. The van der Waals surface area contributed by atoms with Crippen LogP contribution < -0.4 is 0 Å². The molecule has 1 fully saturated rings. The smallest absolute Gasteiger partial charge is 0.0380 e. The minimum absolute atomic E-state index is 0.237. The van der Waals surface area contributed by atoms with E-state index >= 15 is 0 Å². The van der Waals surface area contributed by atoms with Gasteiger partial charge in [0.05, 0.1) is 0 Å². The summed E-state index contributed by atoms with van der Waals surface area (Å²) in [6.07, 6.45) is 2.82. The Bertz CT molecular complexity index is 156. The Kier molecular flexibility index (Phi) is 6.93. The molecule has 1 aliphatic rings. The van der Waals surface area contributed by atoms with Gasteiger partial charge < -0.3 is 0 Å². The zero-order valence-electron chi connectivity index (χ0n) is 8.20. The van der Waals surface area contributed by atoms with Crippen molar-refractivity contribution in [2.45, 2.75) is 36.7 Å². The molecule has 0 aromatic rings. The third-order valence-electron chi connectivity index (χ3n) is 2.27. The molecule has 0 heterocycles. The van der Waals surface area contributed by atoms with E-state index < -0.39 is 0 Å². The van der Waals surface area contributed by atoms with Gasteiger partial charge in [-0.3, -0.25) is 0 Å². The van der Waals surface area contributed by atoms with Gasteiger partial charge in [-0.25, -0.2) is 10.5 Å². The van der Waals surface area contributed by atoms with Gasteiger partial charge in [-0.15, -0.1) is 8.67 Å². The fraction of sp³-hybridized carbons (Fsp3) is 1.00. The van der Waals surface area contributed by atoms with Crippen LogP contribution >= 0.6 is 24.1 Å². The molecule has 0 bridgehead atoms. The van der Waals surface area contributed by atoms with Crippen molar-refractivity contribution in [1.29, 1.82) is 0 Å². The quantitative estimate of drug-likeness (QED) is 0.428. The molecule has 8 heteroatoms. The van der Waals surface area contributed by atoms with E-state index in [0.717, 1.165) is 43.3 Å². The molecule has 0 spiro atoms. The van der Waals surface area contributed by atoms with E-state index in [4.69, 9.17) is 10.5 Å². The molecule has 0 saturated heterocycles. The van der Waals surface area contributed by atoms with Crippen molar-refractivity contribution < 1.29 is 29.3 Å². The molecular weight excluding hydrogens is 244 g/mol. The summed E-state index contributed by atoms with van der Waals surface area (Å²) in [7, 11) is 0. The van der Waals surface area contributed by atoms with Gasteiger partial charge in [0.2, 0.25) is 0 Å². The number of hydrogen-bond acceptors (Lipinski definition) is 8. The zero-order valence-corrected chi connectivity index (χ0v) is 9.83. The van der Waals surface area contributed by atoms with Gasteiger partial charge in [-0.2, -0.15) is 0 Å². The van der Waals surface area contributed by atoms with Crippen molar-refractivity contribution in [3.05, 3.63) is 0 Å². The third kappa shape index (κ3) is 5.36. The Morgan fingerprint density at radius 1 is 0.933 bits per heavy atom. The maximum atomic E-state index is 8.04. The third-order valence-corrected chi connectivity index (χ3v) is 3.86. The van der Waals surface area contributed by atoms with E-state index in [0.29, 0.717) is 5.92 Å². The lowest BCUT2D eigenvalue weighted by Gasteiger charge is -2.30. The topological polar surface area (TPSA) is 77.4 Å². The SMILES string of the molecule is CC1CC(SOOO)CC(SOOO)C1. The molecule has 0 amide bonds. The lowest BCUT2D eigenvalue weighted by molar-refractivity contribution is -0.432. The van der Waals surface area contributed by atoms with Crippen molar-refractivity contribution in [1.82, 2.24) is 0 Å². The predicted molar refractivity (Wildman–Crippen MR) is 55.4 cm³/mol. The highest BCUT2D eigenvalue weighted by atomic mass is 32.2. The first-order valence-corrected chi connectivity index (χ1v) is 6.14. The normalized spacial score (nSPS) is 31.8. The van der Waals surface area contributed by atoms with Crippen LogP contribution in [0.25, 0.3) is 0 Å². The molecule has 15 heavy (non-hydrogen) atoms. The summed E-state index contributed by atoms with van der Waals surface area (Å²) >= 11 is 2.19. The molecule has 2 atom stereocenters. The molecule has 0 aromatic carbocycles. The van der Waals surface area contributed by atoms with Gasteiger partial charge in [0.1, 0.15) is 0 Å². The predicted octanol–water partition coefficient (Wildman–Crippen LogP) is 2.68. The van der Waals surface area contributed by atoms with E-state index in [2.05, 4.69) is 25.7 Å². The largest absolute Gasteiger partial charge is 0.220 e. The summed E-state index contributed by atoms with van der Waals surface area (Å²) in [4.78, 5) is 0. The zero-order chi connectivity index (χ0) is 11.1. The summed E-state index contributed by atoms with van der Waals surface area (Å²) in [5, 5.41) is 23.7. The highest BCUT2D eigenvalue weighted by Crippen LogP contribution is 2.38. The van der Waals surface area contributed by atoms with E-state index in [1.54, 1.807) is 0 Å². The van der Waals surface area contributed by atoms with E-state index in [1.807, 2.05) is 0 Å². The van der Waals surface area contributed by atoms with Crippen LogP contribution in [-0.4, -0.2) is 21.0 Å². The monoisotopic (exact) mass is 258 g/mol. The van der Waals surface area contributed by atoms with Crippen LogP contribution in [0.15, 0.2) is 0 Å². The van der Waals surface area contributed by atoms with Crippen molar-refractivity contribution in [2.24, 2.45) is 5.92 Å². The Balaban J connectivity index is 2.27. The average molecular weight is 258 g/mol. The molecule has 0 aromatic heterocycles. The van der Waals surface area contributed by atoms with Gasteiger partial charge in [-0.1, -0.05) is 17.0 Å². The van der Waals surface area contributed by atoms with Crippen molar-refractivity contribution in [2.75, 3.05) is 0 Å². The van der Waals surface area contributed by atoms with Gasteiger partial charge in [0, 0.05) is 34.6 Å². The molecule has 2 unspecified atom stereocenters. The highest BCUT2D eigenvalue weighted by Gasteiger charge is 2.29. The second-order valence-electron chi connectivity index (χ2n) is 3.53. The van der Waals surface area contributed by atoms with Gasteiger partial charge in [0.15, 0.2) is 0 Å². The van der Waals surface area contributed by atoms with Gasteiger partial charge in [0.25, 0.3) is 0 Å². The Labute approximate surface area is 96.3 Å². The summed E-state index contributed by atoms with van der Waals surface area (Å²) in [5.74, 6) is 0.526. The van der Waals surface area contributed by atoms with Gasteiger partial charge in [-0.05, 0) is 25.2 Å². The lowest BCUT2D eigenvalue weighted by Crippen LogP contribution is -2.25. The summed E-state index contributed by atoms with van der Waals surface area (Å²) in [6.45, 7) is 2.12. The molecule has 1 rings (SSSR count). The van der Waals surface area contributed by atoms with E-state index in [1.165, 1.54) is 0 Å². The second-order valence-corrected chi connectivity index (χ2v) is 5.52. The van der Waals surface area contributed by atoms with Gasteiger partial charge >= 0.3 is 0 Å². The van der Waals surface area contributed by atoms with Crippen LogP contribution in [0.3, 0.4) is 0 Å². The first-order chi connectivity index (χ1) is 7.26. The lowest BCUT2D eigenvalue weighted by atomic mass is 9.90. The summed E-state index contributed by atoms with van der Waals surface area (Å²) in [6, 6.07) is 0. The summed E-state index contributed by atoms with van der Waals surface area (Å²) < 4.78 is 8.83. The fourth-order valence-electron chi connectivity index (χ4n) is 1.78. The molecule has 1 aliphatic carbocycles.